The summed E-state index contributed by atoms with van der Waals surface area (Å²) in [6, 6.07) is 15.3. The fourth-order valence-corrected chi connectivity index (χ4v) is 2.86. The van der Waals surface area contributed by atoms with E-state index in [1.807, 2.05) is 0 Å². The van der Waals surface area contributed by atoms with Gasteiger partial charge in [0.1, 0.15) is 17.1 Å². The first kappa shape index (κ1) is 18.3. The molecule has 2 aromatic carbocycles. The van der Waals surface area contributed by atoms with Crippen molar-refractivity contribution in [1.82, 2.24) is 14.5 Å². The van der Waals surface area contributed by atoms with E-state index in [1.54, 1.807) is 49.7 Å². The smallest absolute Gasteiger partial charge is 0.288 e. The van der Waals surface area contributed by atoms with E-state index in [-0.39, 0.29) is 5.69 Å². The number of pyridine rings is 1. The average Bonchev–Trinajstić information content (AvgIpc) is 2.75. The van der Waals surface area contributed by atoms with Gasteiger partial charge in [-0.2, -0.15) is 0 Å². The normalized spacial score (nSPS) is 10.7. The molecule has 1 amide bonds. The number of hydrogen-bond acceptors (Lipinski definition) is 5. The number of methoxy groups -OCH3 is 1. The number of amides is 1. The van der Waals surface area contributed by atoms with E-state index in [2.05, 4.69) is 15.3 Å². The van der Waals surface area contributed by atoms with Crippen molar-refractivity contribution in [2.24, 2.45) is 0 Å². The van der Waals surface area contributed by atoms with Gasteiger partial charge >= 0.3 is 0 Å². The first-order chi connectivity index (χ1) is 14.1. The molecule has 4 rings (SSSR count). The Balaban J connectivity index is 1.84. The van der Waals surface area contributed by atoms with Gasteiger partial charge in [0.15, 0.2) is 11.3 Å². The van der Waals surface area contributed by atoms with E-state index >= 15 is 0 Å². The van der Waals surface area contributed by atoms with Crippen molar-refractivity contribution < 1.29 is 13.9 Å². The Bertz CT molecular complexity index is 1250. The maximum Gasteiger partial charge on any atom is 0.288 e. The number of fused-ring (bicyclic) bond motifs is 1. The molecule has 0 aliphatic rings. The lowest BCUT2D eigenvalue weighted by Gasteiger charge is -2.12. The van der Waals surface area contributed by atoms with Crippen LogP contribution in [0.5, 0.6) is 5.75 Å². The van der Waals surface area contributed by atoms with Crippen molar-refractivity contribution in [3.8, 4) is 11.4 Å². The number of rotatable bonds is 4. The Morgan fingerprint density at radius 2 is 1.79 bits per heavy atom. The van der Waals surface area contributed by atoms with Gasteiger partial charge in [-0.25, -0.2) is 14.4 Å². The molecule has 0 aliphatic heterocycles. The third kappa shape index (κ3) is 3.55. The molecule has 2 aromatic heterocycles. The minimum Gasteiger partial charge on any atom is -0.497 e. The second-order valence-electron chi connectivity index (χ2n) is 6.11. The zero-order chi connectivity index (χ0) is 20.4. The fourth-order valence-electron chi connectivity index (χ4n) is 2.86. The molecule has 1 N–H and O–H groups in total. The van der Waals surface area contributed by atoms with Crippen molar-refractivity contribution in [3.63, 3.8) is 0 Å². The summed E-state index contributed by atoms with van der Waals surface area (Å²) < 4.78 is 19.6. The SMILES string of the molecule is COc1ccc(-n2c(=O)c(C(=O)Nc3ccc(F)cc3)nc3cccnc32)cc1. The predicted molar refractivity (Wildman–Crippen MR) is 106 cm³/mol. The van der Waals surface area contributed by atoms with E-state index in [0.717, 1.165) is 0 Å². The molecule has 0 atom stereocenters. The molecule has 0 saturated heterocycles. The Morgan fingerprint density at radius 1 is 1.07 bits per heavy atom. The lowest BCUT2D eigenvalue weighted by molar-refractivity contribution is 0.102. The lowest BCUT2D eigenvalue weighted by Crippen LogP contribution is -2.30. The molecule has 29 heavy (non-hydrogen) atoms. The number of carbonyl (C=O) groups is 1. The average molecular weight is 390 g/mol. The van der Waals surface area contributed by atoms with Crippen LogP contribution >= 0.6 is 0 Å². The molecule has 144 valence electrons. The minimum absolute atomic E-state index is 0.300. The summed E-state index contributed by atoms with van der Waals surface area (Å²) in [6.45, 7) is 0. The first-order valence-corrected chi connectivity index (χ1v) is 8.66. The van der Waals surface area contributed by atoms with Crippen LogP contribution in [0.2, 0.25) is 0 Å². The summed E-state index contributed by atoms with van der Waals surface area (Å²) in [6.07, 6.45) is 1.54. The van der Waals surface area contributed by atoms with Crippen LogP contribution < -0.4 is 15.6 Å². The van der Waals surface area contributed by atoms with Gasteiger partial charge in [-0.3, -0.25) is 14.2 Å². The highest BCUT2D eigenvalue weighted by atomic mass is 19.1. The zero-order valence-electron chi connectivity index (χ0n) is 15.3. The monoisotopic (exact) mass is 390 g/mol. The number of anilines is 1. The summed E-state index contributed by atoms with van der Waals surface area (Å²) in [5.41, 5.74) is 0.636. The number of nitrogens with one attached hydrogen (secondary N) is 1. The number of ether oxygens (including phenoxy) is 1. The summed E-state index contributed by atoms with van der Waals surface area (Å²) in [5.74, 6) is -0.503. The summed E-state index contributed by atoms with van der Waals surface area (Å²) >= 11 is 0. The summed E-state index contributed by atoms with van der Waals surface area (Å²) in [7, 11) is 1.54. The molecule has 8 heteroatoms. The van der Waals surface area contributed by atoms with Crippen molar-refractivity contribution in [1.29, 1.82) is 0 Å². The van der Waals surface area contributed by atoms with Gasteiger partial charge in [-0.1, -0.05) is 0 Å². The van der Waals surface area contributed by atoms with E-state index in [9.17, 15) is 14.0 Å². The maximum atomic E-state index is 13.1. The third-order valence-electron chi connectivity index (χ3n) is 4.26. The van der Waals surface area contributed by atoms with E-state index < -0.39 is 17.3 Å². The number of hydrogen-bond donors (Lipinski definition) is 1. The van der Waals surface area contributed by atoms with Crippen LogP contribution in [0.4, 0.5) is 10.1 Å². The van der Waals surface area contributed by atoms with Crippen LogP contribution in [0.15, 0.2) is 71.7 Å². The van der Waals surface area contributed by atoms with Gasteiger partial charge in [0.2, 0.25) is 0 Å². The van der Waals surface area contributed by atoms with Gasteiger partial charge in [0.25, 0.3) is 11.5 Å². The molecule has 0 bridgehead atoms. The Hall–Kier alpha value is -4.07. The molecule has 0 radical (unpaired) electrons. The molecule has 0 unspecified atom stereocenters. The first-order valence-electron chi connectivity index (χ1n) is 8.66. The van der Waals surface area contributed by atoms with Crippen molar-refractivity contribution in [2.45, 2.75) is 0 Å². The van der Waals surface area contributed by atoms with Gasteiger partial charge in [-0.05, 0) is 60.7 Å². The molecule has 0 saturated carbocycles. The molecular formula is C21H15FN4O3. The number of halogens is 1. The summed E-state index contributed by atoms with van der Waals surface area (Å²) in [4.78, 5) is 34.3. The molecule has 2 heterocycles. The Morgan fingerprint density at radius 3 is 2.48 bits per heavy atom. The third-order valence-corrected chi connectivity index (χ3v) is 4.26. The predicted octanol–water partition coefficient (Wildman–Crippen LogP) is 3.18. The minimum atomic E-state index is -0.699. The second-order valence-corrected chi connectivity index (χ2v) is 6.11. The van der Waals surface area contributed by atoms with Crippen LogP contribution in [0.3, 0.4) is 0 Å². The Kier molecular flexibility index (Phi) is 4.74. The largest absolute Gasteiger partial charge is 0.497 e. The second kappa shape index (κ2) is 7.51. The van der Waals surface area contributed by atoms with Gasteiger partial charge in [-0.15, -0.1) is 0 Å². The maximum absolute atomic E-state index is 13.1. The number of nitrogens with zero attached hydrogens (tertiary/aromatic N) is 3. The van der Waals surface area contributed by atoms with Crippen molar-refractivity contribution in [2.75, 3.05) is 12.4 Å². The van der Waals surface area contributed by atoms with Crippen molar-refractivity contribution >= 4 is 22.8 Å². The highest BCUT2D eigenvalue weighted by Crippen LogP contribution is 2.18. The van der Waals surface area contributed by atoms with Crippen molar-refractivity contribution in [3.05, 3.63) is 88.7 Å². The van der Waals surface area contributed by atoms with E-state index in [1.165, 1.54) is 28.8 Å². The highest BCUT2D eigenvalue weighted by molar-refractivity contribution is 6.03. The zero-order valence-corrected chi connectivity index (χ0v) is 15.3. The van der Waals surface area contributed by atoms with Crippen LogP contribution in [-0.2, 0) is 0 Å². The quantitative estimate of drug-likeness (QED) is 0.578. The Labute approximate surface area is 164 Å². The van der Waals surface area contributed by atoms with Gasteiger partial charge in [0, 0.05) is 11.9 Å². The molecule has 7 nitrogen and oxygen atoms in total. The van der Waals surface area contributed by atoms with E-state index in [4.69, 9.17) is 4.74 Å². The number of aromatic nitrogens is 3. The summed E-state index contributed by atoms with van der Waals surface area (Å²) in [5, 5.41) is 2.57. The van der Waals surface area contributed by atoms with Crippen LogP contribution in [0, 0.1) is 5.82 Å². The van der Waals surface area contributed by atoms with Gasteiger partial charge in [0.05, 0.1) is 12.8 Å². The van der Waals surface area contributed by atoms with Crippen LogP contribution in [0.25, 0.3) is 16.9 Å². The molecule has 0 spiro atoms. The van der Waals surface area contributed by atoms with E-state index in [0.29, 0.717) is 28.3 Å². The fraction of sp³-hybridized carbons (Fsp3) is 0.0476. The molecule has 4 aromatic rings. The van der Waals surface area contributed by atoms with Gasteiger partial charge < -0.3 is 10.1 Å². The van der Waals surface area contributed by atoms with Crippen LogP contribution in [-0.4, -0.2) is 27.6 Å². The lowest BCUT2D eigenvalue weighted by atomic mass is 10.2. The standard InChI is InChI=1S/C21H15FN4O3/c1-29-16-10-8-15(9-11-16)26-19-17(3-2-12-23-19)25-18(21(26)28)20(27)24-14-6-4-13(22)5-7-14/h2-12H,1H3,(H,24,27). The number of benzene rings is 2. The molecular weight excluding hydrogens is 375 g/mol. The van der Waals surface area contributed by atoms with Crippen LogP contribution in [0.1, 0.15) is 10.5 Å². The highest BCUT2D eigenvalue weighted by Gasteiger charge is 2.19. The number of carbonyl (C=O) groups excluding carboxylic acids is 1. The topological polar surface area (TPSA) is 86.1 Å². The molecule has 0 fully saturated rings. The molecule has 0 aliphatic carbocycles.